The standard InChI is InChI=1S/C11H14NO6P/c13-10(14)5-4-9(11(15)16)18-19(17)7-8-3-1-2-6-12-8/h1-3,6,9,17H,4-5,7H2,(H,13,14)(H,15,16). The number of nitrogens with zero attached hydrogens (tertiary/aromatic N) is 1. The van der Waals surface area contributed by atoms with Crippen LogP contribution in [0, 0.1) is 0 Å². The van der Waals surface area contributed by atoms with Gasteiger partial charge in [-0.1, -0.05) is 6.07 Å². The number of carbonyl (C=O) groups is 2. The summed E-state index contributed by atoms with van der Waals surface area (Å²) >= 11 is 0. The zero-order chi connectivity index (χ0) is 14.3. The SMILES string of the molecule is O=C(O)CCC(OP(O)Cc1ccccn1)C(=O)O. The summed E-state index contributed by atoms with van der Waals surface area (Å²) in [5.74, 6) is -2.40. The summed E-state index contributed by atoms with van der Waals surface area (Å²) in [4.78, 5) is 34.9. The van der Waals surface area contributed by atoms with Crippen molar-refractivity contribution in [3.63, 3.8) is 0 Å². The molecule has 0 bridgehead atoms. The van der Waals surface area contributed by atoms with Gasteiger partial charge >= 0.3 is 11.9 Å². The van der Waals surface area contributed by atoms with Gasteiger partial charge in [0.25, 0.3) is 0 Å². The molecule has 0 fully saturated rings. The molecule has 2 unspecified atom stereocenters. The third-order valence-electron chi connectivity index (χ3n) is 2.17. The Balaban J connectivity index is 2.49. The first-order chi connectivity index (χ1) is 8.99. The maximum Gasteiger partial charge on any atom is 0.333 e. The minimum absolute atomic E-state index is 0.104. The Bertz CT molecular complexity index is 426. The first-order valence-electron chi connectivity index (χ1n) is 5.46. The predicted molar refractivity (Wildman–Crippen MR) is 66.5 cm³/mol. The average molecular weight is 287 g/mol. The normalized spacial score (nSPS) is 13.7. The van der Waals surface area contributed by atoms with Crippen LogP contribution in [0.15, 0.2) is 24.4 Å². The molecule has 3 N–H and O–H groups in total. The van der Waals surface area contributed by atoms with Crippen LogP contribution in [0.2, 0.25) is 0 Å². The lowest BCUT2D eigenvalue weighted by atomic mass is 10.2. The van der Waals surface area contributed by atoms with Crippen molar-refractivity contribution in [1.82, 2.24) is 4.98 Å². The Morgan fingerprint density at radius 2 is 2.11 bits per heavy atom. The smallest absolute Gasteiger partial charge is 0.333 e. The van der Waals surface area contributed by atoms with Crippen molar-refractivity contribution < 1.29 is 29.2 Å². The molecule has 19 heavy (non-hydrogen) atoms. The largest absolute Gasteiger partial charge is 0.481 e. The highest BCUT2D eigenvalue weighted by Crippen LogP contribution is 2.37. The fraction of sp³-hybridized carbons (Fsp3) is 0.364. The summed E-state index contributed by atoms with van der Waals surface area (Å²) in [6.07, 6.45) is -0.184. The average Bonchev–Trinajstić information content (AvgIpc) is 2.35. The molecule has 0 amide bonds. The third kappa shape index (κ3) is 6.24. The van der Waals surface area contributed by atoms with Gasteiger partial charge in [-0.15, -0.1) is 0 Å². The van der Waals surface area contributed by atoms with Gasteiger partial charge in [0.15, 0.2) is 14.5 Å². The molecule has 0 saturated heterocycles. The van der Waals surface area contributed by atoms with Crippen LogP contribution in [-0.2, 0) is 20.3 Å². The van der Waals surface area contributed by atoms with E-state index in [0.717, 1.165) is 0 Å². The highest BCUT2D eigenvalue weighted by atomic mass is 31.2. The van der Waals surface area contributed by atoms with Crippen molar-refractivity contribution in [2.75, 3.05) is 0 Å². The number of hydrogen-bond acceptors (Lipinski definition) is 5. The monoisotopic (exact) mass is 287 g/mol. The van der Waals surface area contributed by atoms with Crippen molar-refractivity contribution in [2.24, 2.45) is 0 Å². The van der Waals surface area contributed by atoms with E-state index < -0.39 is 26.4 Å². The third-order valence-corrected chi connectivity index (χ3v) is 3.26. The summed E-state index contributed by atoms with van der Waals surface area (Å²) < 4.78 is 4.98. The van der Waals surface area contributed by atoms with E-state index in [4.69, 9.17) is 14.7 Å². The Hall–Kier alpha value is -1.56. The molecule has 0 aliphatic carbocycles. The van der Waals surface area contributed by atoms with Crippen molar-refractivity contribution in [3.8, 4) is 0 Å². The van der Waals surface area contributed by atoms with Gasteiger partial charge in [-0.2, -0.15) is 0 Å². The fourth-order valence-electron chi connectivity index (χ4n) is 1.29. The van der Waals surface area contributed by atoms with E-state index in [0.29, 0.717) is 5.69 Å². The van der Waals surface area contributed by atoms with Gasteiger partial charge in [0.1, 0.15) is 0 Å². The molecule has 0 radical (unpaired) electrons. The van der Waals surface area contributed by atoms with Crippen molar-refractivity contribution >= 4 is 20.3 Å². The summed E-state index contributed by atoms with van der Waals surface area (Å²) in [5.41, 5.74) is 0.582. The van der Waals surface area contributed by atoms with E-state index in [9.17, 15) is 14.5 Å². The van der Waals surface area contributed by atoms with Crippen LogP contribution in [0.5, 0.6) is 0 Å². The summed E-state index contributed by atoms with van der Waals surface area (Å²) in [6, 6.07) is 5.14. The topological polar surface area (TPSA) is 117 Å². The maximum absolute atomic E-state index is 10.9. The number of carboxylic acids is 2. The molecule has 1 rings (SSSR count). The summed E-state index contributed by atoms with van der Waals surface area (Å²) in [6.45, 7) is 0. The molecule has 7 nitrogen and oxygen atoms in total. The molecule has 0 aliphatic rings. The second kappa shape index (κ2) is 7.78. The molecule has 104 valence electrons. The highest BCUT2D eigenvalue weighted by molar-refractivity contribution is 7.45. The second-order valence-electron chi connectivity index (χ2n) is 3.70. The Morgan fingerprint density at radius 3 is 2.63 bits per heavy atom. The number of rotatable bonds is 8. The molecule has 1 aromatic rings. The van der Waals surface area contributed by atoms with Gasteiger partial charge in [-0.05, 0) is 18.6 Å². The minimum atomic E-state index is -2.00. The van der Waals surface area contributed by atoms with E-state index in [1.807, 2.05) is 0 Å². The fourth-order valence-corrected chi connectivity index (χ4v) is 2.32. The zero-order valence-corrected chi connectivity index (χ0v) is 10.9. The van der Waals surface area contributed by atoms with Crippen LogP contribution < -0.4 is 0 Å². The molecule has 0 aromatic carbocycles. The molecule has 0 spiro atoms. The summed E-state index contributed by atoms with van der Waals surface area (Å²) in [5, 5.41) is 17.4. The van der Waals surface area contributed by atoms with Crippen LogP contribution in [0.25, 0.3) is 0 Å². The van der Waals surface area contributed by atoms with E-state index >= 15 is 0 Å². The van der Waals surface area contributed by atoms with Gasteiger partial charge < -0.3 is 19.6 Å². The predicted octanol–water partition coefficient (Wildman–Crippen LogP) is 1.22. The molecule has 2 atom stereocenters. The molecule has 0 saturated carbocycles. The van der Waals surface area contributed by atoms with Crippen LogP contribution in [0.1, 0.15) is 18.5 Å². The lowest BCUT2D eigenvalue weighted by molar-refractivity contribution is -0.146. The van der Waals surface area contributed by atoms with Gasteiger partial charge in [-0.25, -0.2) is 4.79 Å². The molecule has 1 aromatic heterocycles. The van der Waals surface area contributed by atoms with Gasteiger partial charge in [0.2, 0.25) is 0 Å². The summed E-state index contributed by atoms with van der Waals surface area (Å²) in [7, 11) is -2.00. The van der Waals surface area contributed by atoms with Gasteiger partial charge in [-0.3, -0.25) is 9.78 Å². The number of aromatic nitrogens is 1. The number of aliphatic carboxylic acids is 2. The van der Waals surface area contributed by atoms with Crippen molar-refractivity contribution in [3.05, 3.63) is 30.1 Å². The quantitative estimate of drug-likeness (QED) is 0.615. The van der Waals surface area contributed by atoms with E-state index in [1.54, 1.807) is 24.4 Å². The first kappa shape index (κ1) is 15.5. The lowest BCUT2D eigenvalue weighted by Gasteiger charge is -2.16. The first-order valence-corrected chi connectivity index (χ1v) is 6.86. The van der Waals surface area contributed by atoms with Crippen LogP contribution in [0.3, 0.4) is 0 Å². The second-order valence-corrected chi connectivity index (χ2v) is 4.93. The maximum atomic E-state index is 10.9. The molecule has 0 aliphatic heterocycles. The van der Waals surface area contributed by atoms with E-state index in [-0.39, 0.29) is 19.0 Å². The number of hydrogen-bond donors (Lipinski definition) is 3. The molecule has 8 heteroatoms. The van der Waals surface area contributed by atoms with Crippen LogP contribution >= 0.6 is 8.38 Å². The Kier molecular flexibility index (Phi) is 6.35. The van der Waals surface area contributed by atoms with Crippen LogP contribution in [-0.4, -0.2) is 38.1 Å². The molecular weight excluding hydrogens is 273 g/mol. The van der Waals surface area contributed by atoms with Crippen molar-refractivity contribution in [2.45, 2.75) is 25.1 Å². The van der Waals surface area contributed by atoms with Crippen molar-refractivity contribution in [1.29, 1.82) is 0 Å². The Labute approximate surface area is 110 Å². The lowest BCUT2D eigenvalue weighted by Crippen LogP contribution is -2.23. The number of carboxylic acid groups (broad SMARTS) is 2. The van der Waals surface area contributed by atoms with Crippen LogP contribution in [0.4, 0.5) is 0 Å². The molecular formula is C11H14NO6P. The van der Waals surface area contributed by atoms with Gasteiger partial charge in [0, 0.05) is 18.3 Å². The highest BCUT2D eigenvalue weighted by Gasteiger charge is 2.23. The van der Waals surface area contributed by atoms with Gasteiger partial charge in [0.05, 0.1) is 6.16 Å². The zero-order valence-electron chi connectivity index (χ0n) is 9.97. The Morgan fingerprint density at radius 1 is 1.37 bits per heavy atom. The number of pyridine rings is 1. The van der Waals surface area contributed by atoms with E-state index in [2.05, 4.69) is 4.98 Å². The molecule has 1 heterocycles. The minimum Gasteiger partial charge on any atom is -0.481 e. The van der Waals surface area contributed by atoms with E-state index in [1.165, 1.54) is 0 Å².